The minimum atomic E-state index is -5.08. The van der Waals surface area contributed by atoms with Crippen molar-refractivity contribution in [3.05, 3.63) is 40.7 Å². The van der Waals surface area contributed by atoms with Gasteiger partial charge in [0.15, 0.2) is 0 Å². The van der Waals surface area contributed by atoms with Crippen LogP contribution in [0.5, 0.6) is 0 Å². The summed E-state index contributed by atoms with van der Waals surface area (Å²) in [4.78, 5) is 59.0. The topological polar surface area (TPSA) is 191 Å². The zero-order chi connectivity index (χ0) is 33.2. The van der Waals surface area contributed by atoms with Crippen LogP contribution in [-0.2, 0) is 25.6 Å². The van der Waals surface area contributed by atoms with E-state index in [4.69, 9.17) is 22.5 Å². The van der Waals surface area contributed by atoms with Gasteiger partial charge in [-0.1, -0.05) is 30.2 Å². The van der Waals surface area contributed by atoms with Crippen LogP contribution in [0.2, 0.25) is 0 Å². The van der Waals surface area contributed by atoms with Crippen LogP contribution >= 0.6 is 0 Å². The highest BCUT2D eigenvalue weighted by molar-refractivity contribution is 5.88. The molecule has 38 heavy (non-hydrogen) atoms. The van der Waals surface area contributed by atoms with Gasteiger partial charge in [-0.2, -0.15) is 13.2 Å². The van der Waals surface area contributed by atoms with Crippen molar-refractivity contribution in [3.8, 4) is 0 Å². The zero-order valence-electron chi connectivity index (χ0n) is 25.0. The highest BCUT2D eigenvalue weighted by atomic mass is 19.4. The van der Waals surface area contributed by atoms with Crippen LogP contribution in [0.1, 0.15) is 50.9 Å². The normalized spacial score (nSPS) is 18.4. The van der Waals surface area contributed by atoms with Gasteiger partial charge in [0.25, 0.3) is 0 Å². The summed E-state index contributed by atoms with van der Waals surface area (Å²) in [5.74, 6) is -6.20. The first kappa shape index (κ1) is 24.6. The summed E-state index contributed by atoms with van der Waals surface area (Å²) < 4.78 is 71.1. The fourth-order valence-electron chi connectivity index (χ4n) is 3.71. The second-order valence-corrected chi connectivity index (χ2v) is 8.09. The van der Waals surface area contributed by atoms with Gasteiger partial charge in [-0.3, -0.25) is 4.79 Å². The van der Waals surface area contributed by atoms with Gasteiger partial charge in [-0.15, -0.1) is 4.91 Å². The molecule has 0 bridgehead atoms. The van der Waals surface area contributed by atoms with Gasteiger partial charge in [0.05, 0.1) is 12.1 Å². The van der Waals surface area contributed by atoms with Crippen LogP contribution in [-0.4, -0.2) is 86.4 Å². The van der Waals surface area contributed by atoms with Crippen LogP contribution in [0, 0.1) is 4.91 Å². The molecule has 1 aliphatic rings. The van der Waals surface area contributed by atoms with Crippen molar-refractivity contribution in [1.29, 1.82) is 0 Å². The maximum Gasteiger partial charge on any atom is 0.490 e. The smallest absolute Gasteiger partial charge is 0.480 e. The largest absolute Gasteiger partial charge is 0.490 e. The number of nitroso groups, excluding NO2 is 1. The quantitative estimate of drug-likeness (QED) is 0.160. The number of rotatable bonds is 13. The van der Waals surface area contributed by atoms with Crippen molar-refractivity contribution in [2.45, 2.75) is 69.2 Å². The molecule has 1 heterocycles. The SMILES string of the molecule is O=C(O)C(F)(F)F.[2H]c1c([2H])c([2H])c(CC[C@@H](C(=O)O)N(N=O)[C@@H](CCCCN)C(=O)N2CCC[C@H]2C(=O)O)c([2H])c1[2H]. The first-order valence-electron chi connectivity index (χ1n) is 13.9. The Morgan fingerprint density at radius 3 is 2.18 bits per heavy atom. The molecule has 1 saturated heterocycles. The average molecular weight is 554 g/mol. The van der Waals surface area contributed by atoms with Crippen molar-refractivity contribution >= 4 is 23.8 Å². The summed E-state index contributed by atoms with van der Waals surface area (Å²) in [6.45, 7) is 0.421. The van der Waals surface area contributed by atoms with Crippen molar-refractivity contribution in [2.75, 3.05) is 13.1 Å². The summed E-state index contributed by atoms with van der Waals surface area (Å²) in [6.07, 6.45) is -4.29. The lowest BCUT2D eigenvalue weighted by atomic mass is 10.0. The Bertz CT molecular complexity index is 1180. The molecule has 1 aromatic rings. The van der Waals surface area contributed by atoms with Crippen molar-refractivity contribution in [1.82, 2.24) is 9.91 Å². The van der Waals surface area contributed by atoms with E-state index in [-0.39, 0.29) is 37.9 Å². The predicted molar refractivity (Wildman–Crippen MR) is 127 cm³/mol. The predicted octanol–water partition coefficient (Wildman–Crippen LogP) is 2.26. The van der Waals surface area contributed by atoms with E-state index in [1.165, 1.54) is 0 Å². The first-order valence-corrected chi connectivity index (χ1v) is 11.4. The Labute approximate surface area is 223 Å². The Balaban J connectivity index is 0.00000117. The average Bonchev–Trinajstić information content (AvgIpc) is 3.43. The molecule has 0 aromatic heterocycles. The first-order chi connectivity index (χ1) is 19.9. The number of aliphatic carboxylic acids is 3. The van der Waals surface area contributed by atoms with E-state index in [2.05, 4.69) is 5.29 Å². The molecule has 1 amide bonds. The highest BCUT2D eigenvalue weighted by Crippen LogP contribution is 2.25. The van der Waals surface area contributed by atoms with E-state index in [1.54, 1.807) is 0 Å². The summed E-state index contributed by atoms with van der Waals surface area (Å²) >= 11 is 0. The summed E-state index contributed by atoms with van der Waals surface area (Å²) in [6, 6.07) is -6.87. The van der Waals surface area contributed by atoms with E-state index in [9.17, 15) is 42.7 Å². The monoisotopic (exact) mass is 553 g/mol. The number of likely N-dealkylation sites (tertiary alicyclic amines) is 1. The van der Waals surface area contributed by atoms with E-state index < -0.39 is 84.7 Å². The molecular weight excluding hydrogens is 517 g/mol. The molecule has 5 N–H and O–H groups in total. The minimum absolute atomic E-state index is 0.00303. The zero-order valence-corrected chi connectivity index (χ0v) is 20.0. The van der Waals surface area contributed by atoms with Crippen LogP contribution < -0.4 is 5.73 Å². The standard InChI is InChI=1S/C21H30N4O6.C2HF3O2/c22-13-5-4-9-16(19(26)24-14-6-10-17(24)20(27)28)25(23-31)18(21(29)30)12-11-15-7-2-1-3-8-15;3-2(4,5)1(6)7/h1-3,7-8,16-18H,4-6,9-14,22H2,(H,27,28)(H,29,30);(H,6,7)/t16-,17-,18-;/m0./s1/i1D,2D,3D,7D,8D;. The molecule has 3 atom stereocenters. The number of carbonyl (C=O) groups is 4. The third-order valence-electron chi connectivity index (χ3n) is 5.52. The number of carbonyl (C=O) groups excluding carboxylic acids is 1. The van der Waals surface area contributed by atoms with Crippen molar-refractivity contribution in [3.63, 3.8) is 0 Å². The van der Waals surface area contributed by atoms with Gasteiger partial charge < -0.3 is 26.0 Å². The van der Waals surface area contributed by atoms with Crippen molar-refractivity contribution in [2.24, 2.45) is 11.0 Å². The fraction of sp³-hybridized carbons (Fsp3) is 0.565. The Morgan fingerprint density at radius 2 is 1.71 bits per heavy atom. The summed E-state index contributed by atoms with van der Waals surface area (Å²) in [5.41, 5.74) is 5.39. The number of unbranched alkanes of at least 4 members (excludes halogenated alkanes) is 1. The fourth-order valence-corrected chi connectivity index (χ4v) is 3.71. The number of hydrogen-bond donors (Lipinski definition) is 4. The van der Waals surface area contributed by atoms with Gasteiger partial charge in [-0.25, -0.2) is 19.4 Å². The maximum atomic E-state index is 13.4. The third-order valence-corrected chi connectivity index (χ3v) is 5.52. The Hall–Kier alpha value is -3.75. The number of nitrogens with zero attached hydrogens (tertiary/aromatic N) is 3. The lowest BCUT2D eigenvalue weighted by Gasteiger charge is -2.34. The Morgan fingerprint density at radius 1 is 1.11 bits per heavy atom. The number of benzene rings is 1. The van der Waals surface area contributed by atoms with E-state index in [1.807, 2.05) is 0 Å². The number of carboxylic acid groups (broad SMARTS) is 3. The molecule has 12 nitrogen and oxygen atoms in total. The number of amides is 1. The van der Waals surface area contributed by atoms with Crippen LogP contribution in [0.25, 0.3) is 0 Å². The van der Waals surface area contributed by atoms with Gasteiger partial charge in [0, 0.05) is 6.54 Å². The van der Waals surface area contributed by atoms with Crippen LogP contribution in [0.4, 0.5) is 13.2 Å². The molecule has 0 unspecified atom stereocenters. The number of alkyl halides is 3. The van der Waals surface area contributed by atoms with Gasteiger partial charge in [-0.05, 0) is 57.1 Å². The molecule has 15 heteroatoms. The van der Waals surface area contributed by atoms with Crippen molar-refractivity contribution < 1.29 is 54.5 Å². The molecule has 0 saturated carbocycles. The van der Waals surface area contributed by atoms with Crippen LogP contribution in [0.3, 0.4) is 0 Å². The lowest BCUT2D eigenvalue weighted by molar-refractivity contribution is -0.192. The molecule has 1 aliphatic heterocycles. The second-order valence-electron chi connectivity index (χ2n) is 8.09. The van der Waals surface area contributed by atoms with Gasteiger partial charge >= 0.3 is 24.1 Å². The number of carboxylic acids is 3. The molecule has 2 rings (SSSR count). The Kier molecular flexibility index (Phi) is 10.0. The molecule has 0 radical (unpaired) electrons. The third kappa shape index (κ3) is 9.95. The summed E-state index contributed by atoms with van der Waals surface area (Å²) in [5, 5.41) is 29.9. The van der Waals surface area contributed by atoms with E-state index >= 15 is 0 Å². The molecule has 1 aromatic carbocycles. The molecule has 0 spiro atoms. The minimum Gasteiger partial charge on any atom is -0.480 e. The maximum absolute atomic E-state index is 13.4. The van der Waals surface area contributed by atoms with Gasteiger partial charge in [0.1, 0.15) is 18.1 Å². The molecule has 212 valence electrons. The van der Waals surface area contributed by atoms with Crippen LogP contribution in [0.15, 0.2) is 35.5 Å². The highest BCUT2D eigenvalue weighted by Gasteiger charge is 2.42. The molecule has 0 aliphatic carbocycles. The van der Waals surface area contributed by atoms with E-state index in [0.717, 1.165) is 4.90 Å². The van der Waals surface area contributed by atoms with Gasteiger partial charge in [0.2, 0.25) is 5.91 Å². The molecule has 1 fully saturated rings. The number of nitrogens with two attached hydrogens (primary N) is 1. The molecular formula is C23H31F3N4O8. The number of hydrogen-bond acceptors (Lipinski definition) is 7. The lowest BCUT2D eigenvalue weighted by Crippen LogP contribution is -2.54. The number of halogens is 3. The summed E-state index contributed by atoms with van der Waals surface area (Å²) in [7, 11) is 0. The second kappa shape index (κ2) is 15.5. The van der Waals surface area contributed by atoms with E-state index in [0.29, 0.717) is 24.3 Å².